The van der Waals surface area contributed by atoms with Crippen molar-refractivity contribution >= 4 is 23.2 Å². The lowest BCUT2D eigenvalue weighted by molar-refractivity contribution is -0.115. The molecule has 0 aliphatic rings. The molecular weight excluding hydrogens is 384 g/mol. The van der Waals surface area contributed by atoms with Crippen LogP contribution in [-0.2, 0) is 11.2 Å². The summed E-state index contributed by atoms with van der Waals surface area (Å²) in [5.41, 5.74) is 4.93. The summed E-state index contributed by atoms with van der Waals surface area (Å²) in [6.07, 6.45) is 0.297. The van der Waals surface area contributed by atoms with Gasteiger partial charge in [0.05, 0.1) is 6.42 Å². The van der Waals surface area contributed by atoms with E-state index >= 15 is 0 Å². The van der Waals surface area contributed by atoms with E-state index in [-0.39, 0.29) is 11.8 Å². The van der Waals surface area contributed by atoms with Gasteiger partial charge in [-0.25, -0.2) is 0 Å². The van der Waals surface area contributed by atoms with Gasteiger partial charge < -0.3 is 10.6 Å². The fourth-order valence-corrected chi connectivity index (χ4v) is 3.31. The predicted octanol–water partition coefficient (Wildman–Crippen LogP) is 5.79. The summed E-state index contributed by atoms with van der Waals surface area (Å²) in [5, 5.41) is 5.77. The molecule has 0 saturated carbocycles. The molecule has 4 rings (SSSR count). The van der Waals surface area contributed by atoms with Gasteiger partial charge in [0.15, 0.2) is 0 Å². The Balaban J connectivity index is 1.39. The molecule has 4 aromatic rings. The Bertz CT molecular complexity index is 1170. The highest BCUT2D eigenvalue weighted by Gasteiger charge is 2.09. The van der Waals surface area contributed by atoms with Crippen LogP contribution in [0.2, 0.25) is 0 Å². The number of hydrogen-bond acceptors (Lipinski definition) is 2. The number of carbonyl (C=O) groups excluding carboxylic acids is 2. The van der Waals surface area contributed by atoms with Crippen molar-refractivity contribution < 1.29 is 9.59 Å². The normalized spacial score (nSPS) is 10.3. The predicted molar refractivity (Wildman–Crippen MR) is 125 cm³/mol. The van der Waals surface area contributed by atoms with Gasteiger partial charge in [0.2, 0.25) is 5.91 Å². The summed E-state index contributed by atoms with van der Waals surface area (Å²) >= 11 is 0. The Morgan fingerprint density at radius 1 is 0.581 bits per heavy atom. The second-order valence-corrected chi connectivity index (χ2v) is 7.19. The molecule has 152 valence electrons. The van der Waals surface area contributed by atoms with Crippen LogP contribution in [0.3, 0.4) is 0 Å². The number of amides is 2. The van der Waals surface area contributed by atoms with Crippen LogP contribution in [0.1, 0.15) is 15.9 Å². The Morgan fingerprint density at radius 2 is 1.16 bits per heavy atom. The summed E-state index contributed by atoms with van der Waals surface area (Å²) in [6, 6.07) is 34.2. The number of benzene rings is 4. The number of hydrogen-bond donors (Lipinski definition) is 2. The van der Waals surface area contributed by atoms with Crippen molar-refractivity contribution in [2.75, 3.05) is 10.6 Å². The lowest BCUT2D eigenvalue weighted by Gasteiger charge is -2.10. The molecule has 0 aromatic heterocycles. The molecule has 0 aliphatic carbocycles. The van der Waals surface area contributed by atoms with Crippen molar-refractivity contribution in [2.24, 2.45) is 0 Å². The van der Waals surface area contributed by atoms with Crippen LogP contribution in [0.5, 0.6) is 0 Å². The van der Waals surface area contributed by atoms with Gasteiger partial charge >= 0.3 is 0 Å². The van der Waals surface area contributed by atoms with Gasteiger partial charge in [-0.3, -0.25) is 9.59 Å². The highest BCUT2D eigenvalue weighted by Crippen LogP contribution is 2.21. The quantitative estimate of drug-likeness (QED) is 0.426. The highest BCUT2D eigenvalue weighted by molar-refractivity contribution is 6.05. The van der Waals surface area contributed by atoms with Crippen molar-refractivity contribution in [3.8, 4) is 11.1 Å². The topological polar surface area (TPSA) is 58.2 Å². The van der Waals surface area contributed by atoms with Crippen LogP contribution >= 0.6 is 0 Å². The second-order valence-electron chi connectivity index (χ2n) is 7.19. The van der Waals surface area contributed by atoms with Crippen molar-refractivity contribution in [3.63, 3.8) is 0 Å². The summed E-state index contributed by atoms with van der Waals surface area (Å²) in [4.78, 5) is 24.9. The molecule has 0 bridgehead atoms. The Labute approximate surface area is 181 Å². The van der Waals surface area contributed by atoms with Crippen molar-refractivity contribution in [2.45, 2.75) is 6.42 Å². The minimum Gasteiger partial charge on any atom is -0.326 e. The first-order chi connectivity index (χ1) is 15.2. The van der Waals surface area contributed by atoms with Crippen molar-refractivity contribution in [3.05, 3.63) is 120 Å². The average molecular weight is 406 g/mol. The van der Waals surface area contributed by atoms with Gasteiger partial charge in [0.25, 0.3) is 5.91 Å². The molecule has 2 N–H and O–H groups in total. The first kappa shape index (κ1) is 20.1. The Kier molecular flexibility index (Phi) is 6.19. The lowest BCUT2D eigenvalue weighted by Crippen LogP contribution is -2.15. The summed E-state index contributed by atoms with van der Waals surface area (Å²) in [7, 11) is 0. The van der Waals surface area contributed by atoms with E-state index in [2.05, 4.69) is 10.6 Å². The molecule has 31 heavy (non-hydrogen) atoms. The molecule has 0 fully saturated rings. The van der Waals surface area contributed by atoms with E-state index in [1.165, 1.54) is 0 Å². The first-order valence-electron chi connectivity index (χ1n) is 10.1. The van der Waals surface area contributed by atoms with Crippen LogP contribution < -0.4 is 10.6 Å². The zero-order valence-corrected chi connectivity index (χ0v) is 16.9. The fraction of sp³-hybridized carbons (Fsp3) is 0.0370. The number of nitrogens with one attached hydrogen (secondary N) is 2. The molecule has 4 nitrogen and oxygen atoms in total. The molecule has 2 amide bonds. The van der Waals surface area contributed by atoms with Crippen LogP contribution in [0.25, 0.3) is 11.1 Å². The SMILES string of the molecule is O=C(Cc1ccccc1)Nc1cccc(NC(=O)c2ccc(-c3ccccc3)cc2)c1. The van der Waals surface area contributed by atoms with Crippen LogP contribution in [0.15, 0.2) is 109 Å². The van der Waals surface area contributed by atoms with Gasteiger partial charge in [-0.15, -0.1) is 0 Å². The highest BCUT2D eigenvalue weighted by atomic mass is 16.2. The van der Waals surface area contributed by atoms with Crippen molar-refractivity contribution in [1.82, 2.24) is 0 Å². The lowest BCUT2D eigenvalue weighted by atomic mass is 10.0. The van der Waals surface area contributed by atoms with E-state index in [1.54, 1.807) is 24.3 Å². The Hall–Kier alpha value is -4.18. The van der Waals surface area contributed by atoms with Crippen molar-refractivity contribution in [1.29, 1.82) is 0 Å². The average Bonchev–Trinajstić information content (AvgIpc) is 2.80. The van der Waals surface area contributed by atoms with Gasteiger partial charge in [-0.1, -0.05) is 78.9 Å². The van der Waals surface area contributed by atoms with E-state index in [0.717, 1.165) is 16.7 Å². The maximum Gasteiger partial charge on any atom is 0.255 e. The maximum absolute atomic E-state index is 12.6. The molecule has 0 spiro atoms. The van der Waals surface area contributed by atoms with Gasteiger partial charge in [0.1, 0.15) is 0 Å². The third kappa shape index (κ3) is 5.46. The van der Waals surface area contributed by atoms with E-state index < -0.39 is 0 Å². The van der Waals surface area contributed by atoms with Crippen LogP contribution in [0.4, 0.5) is 11.4 Å². The minimum absolute atomic E-state index is 0.105. The zero-order valence-electron chi connectivity index (χ0n) is 16.9. The van der Waals surface area contributed by atoms with Crippen LogP contribution in [-0.4, -0.2) is 11.8 Å². The summed E-state index contributed by atoms with van der Waals surface area (Å²) in [5.74, 6) is -0.307. The smallest absolute Gasteiger partial charge is 0.255 e. The first-order valence-corrected chi connectivity index (χ1v) is 10.1. The molecule has 0 heterocycles. The molecule has 4 heteroatoms. The minimum atomic E-state index is -0.202. The van der Waals surface area contributed by atoms with E-state index in [4.69, 9.17) is 0 Å². The number of rotatable bonds is 6. The second kappa shape index (κ2) is 9.55. The standard InChI is InChI=1S/C27H22N2O2/c30-26(18-20-8-3-1-4-9-20)28-24-12-7-13-25(19-24)29-27(31)23-16-14-22(15-17-23)21-10-5-2-6-11-21/h1-17,19H,18H2,(H,28,30)(H,29,31). The molecule has 0 aliphatic heterocycles. The van der Waals surface area contributed by atoms with E-state index in [0.29, 0.717) is 23.4 Å². The largest absolute Gasteiger partial charge is 0.326 e. The van der Waals surface area contributed by atoms with Gasteiger partial charge in [-0.2, -0.15) is 0 Å². The molecule has 0 unspecified atom stereocenters. The van der Waals surface area contributed by atoms with Gasteiger partial charge in [0, 0.05) is 16.9 Å². The molecule has 0 atom stereocenters. The third-order valence-corrected chi connectivity index (χ3v) is 4.87. The van der Waals surface area contributed by atoms with E-state index in [1.807, 2.05) is 84.9 Å². The van der Waals surface area contributed by atoms with E-state index in [9.17, 15) is 9.59 Å². The molecule has 0 saturated heterocycles. The zero-order chi connectivity index (χ0) is 21.5. The molecule has 4 aromatic carbocycles. The monoisotopic (exact) mass is 406 g/mol. The summed E-state index contributed by atoms with van der Waals surface area (Å²) in [6.45, 7) is 0. The summed E-state index contributed by atoms with van der Waals surface area (Å²) < 4.78 is 0. The van der Waals surface area contributed by atoms with Crippen LogP contribution in [0, 0.1) is 0 Å². The maximum atomic E-state index is 12.6. The Morgan fingerprint density at radius 3 is 1.84 bits per heavy atom. The van der Waals surface area contributed by atoms with Gasteiger partial charge in [-0.05, 0) is 47.0 Å². The number of carbonyl (C=O) groups is 2. The number of anilines is 2. The third-order valence-electron chi connectivity index (χ3n) is 4.87. The molecule has 0 radical (unpaired) electrons. The fourth-order valence-electron chi connectivity index (χ4n) is 3.31. The molecular formula is C27H22N2O2.